The zero-order chi connectivity index (χ0) is 55.0. The Morgan fingerprint density at radius 3 is 2.16 bits per heavy atom. The molecular formula is C57H64ClN12O8P. The van der Waals surface area contributed by atoms with Gasteiger partial charge in [-0.3, -0.25) is 43.5 Å². The van der Waals surface area contributed by atoms with E-state index in [-0.39, 0.29) is 29.6 Å². The molecule has 79 heavy (non-hydrogen) atoms. The maximum atomic E-state index is 14.0. The number of methoxy groups -OCH3 is 1. The van der Waals surface area contributed by atoms with Crippen molar-refractivity contribution in [3.63, 3.8) is 0 Å². The number of amides is 4. The molecule has 11 rings (SSSR count). The minimum absolute atomic E-state index is 0.0892. The van der Waals surface area contributed by atoms with E-state index in [1.165, 1.54) is 20.4 Å². The van der Waals surface area contributed by atoms with E-state index in [0.29, 0.717) is 45.5 Å². The highest BCUT2D eigenvalue weighted by Gasteiger charge is 2.45. The molecule has 3 N–H and O–H groups in total. The van der Waals surface area contributed by atoms with Crippen molar-refractivity contribution in [1.82, 2.24) is 39.8 Å². The Kier molecular flexibility index (Phi) is 15.6. The number of nitrogens with one attached hydrogen (secondary N) is 3. The molecule has 4 fully saturated rings. The summed E-state index contributed by atoms with van der Waals surface area (Å²) >= 11 is 6.73. The molecule has 0 saturated carbocycles. The van der Waals surface area contributed by atoms with Gasteiger partial charge in [-0.1, -0.05) is 48.0 Å². The second-order valence-corrected chi connectivity index (χ2v) is 23.3. The van der Waals surface area contributed by atoms with E-state index in [1.54, 1.807) is 36.1 Å². The molecular weight excluding hydrogens is 1050 g/mol. The number of fused-ring (bicyclic) bond motifs is 1. The van der Waals surface area contributed by atoms with Crippen LogP contribution in [0.1, 0.15) is 59.2 Å². The van der Waals surface area contributed by atoms with Gasteiger partial charge in [0.15, 0.2) is 5.82 Å². The Morgan fingerprint density at radius 1 is 0.722 bits per heavy atom. The Bertz CT molecular complexity index is 3330. The number of nitrogens with zero attached hydrogens (tertiary/aromatic N) is 9. The number of benzene rings is 4. The van der Waals surface area contributed by atoms with Gasteiger partial charge in [-0.05, 0) is 98.6 Å². The fraction of sp³-hybridized carbons (Fsp3) is 0.386. The topological polar surface area (TPSA) is 209 Å². The molecule has 0 radical (unpaired) electrons. The van der Waals surface area contributed by atoms with E-state index in [4.69, 9.17) is 30.4 Å². The predicted octanol–water partition coefficient (Wildman–Crippen LogP) is 7.71. The molecule has 7 heterocycles. The summed E-state index contributed by atoms with van der Waals surface area (Å²) in [6, 6.07) is 24.3. The van der Waals surface area contributed by atoms with Gasteiger partial charge in [-0.15, -0.1) is 0 Å². The number of rotatable bonds is 16. The number of aryl methyl sites for hydroxylation is 1. The molecule has 5 aliphatic heterocycles. The number of ether oxygens (including phenoxy) is 1. The number of hydrogen-bond donors (Lipinski definition) is 3. The molecule has 1 atom stereocenters. The average Bonchev–Trinajstić information content (AvgIpc) is 4.14. The second-order valence-electron chi connectivity index (χ2n) is 20.7. The van der Waals surface area contributed by atoms with Crippen molar-refractivity contribution in [2.24, 2.45) is 13.0 Å². The molecule has 4 saturated heterocycles. The molecule has 4 amide bonds. The second kappa shape index (κ2) is 22.9. The Morgan fingerprint density at radius 2 is 1.47 bits per heavy atom. The van der Waals surface area contributed by atoms with Crippen LogP contribution >= 0.6 is 19.2 Å². The Hall–Kier alpha value is -7.19. The Balaban J connectivity index is 0.706. The first kappa shape index (κ1) is 53.8. The van der Waals surface area contributed by atoms with Crippen LogP contribution in [-0.2, 0) is 30.2 Å². The van der Waals surface area contributed by atoms with Crippen LogP contribution in [0.15, 0.2) is 97.5 Å². The highest BCUT2D eigenvalue weighted by Crippen LogP contribution is 2.49. The summed E-state index contributed by atoms with van der Waals surface area (Å²) in [6.45, 7) is 8.47. The number of halogens is 1. The molecule has 412 valence electrons. The minimum Gasteiger partial charge on any atom is -0.494 e. The molecule has 0 aliphatic carbocycles. The average molecular weight is 1110 g/mol. The van der Waals surface area contributed by atoms with Gasteiger partial charge in [0.05, 0.1) is 47.3 Å². The third kappa shape index (κ3) is 11.1. The fourth-order valence-electron chi connectivity index (χ4n) is 11.8. The standard InChI is InChI=1S/C57H64ClN12O8P/c1-65-35-39(32-60-65)43-30-47(62-57-59-33-45(58)53(64-57)61-46-13-10-38(37-8-6-5-7-9-37)28-51(46)79(75,77-3)78-4)50(76-2)31-49(43)69-26-24-68(25-27-69)40-18-20-66(21-19-40)34-36-16-22-67(23-17-36)41-11-12-42-44(29-41)56(74)70(55(42)73)48-14-15-52(71)63-54(48)72/h5-13,28-33,35-36,40,48H,14-27,34H2,1-4H3,(H,63,71,72)(H2,59,61,62,64). The molecule has 0 spiro atoms. The quantitative estimate of drug-likeness (QED) is 0.0626. The zero-order valence-corrected chi connectivity index (χ0v) is 46.3. The highest BCUT2D eigenvalue weighted by molar-refractivity contribution is 7.62. The molecule has 4 aromatic carbocycles. The van der Waals surface area contributed by atoms with E-state index in [0.717, 1.165) is 123 Å². The third-order valence-electron chi connectivity index (χ3n) is 16.1. The summed E-state index contributed by atoms with van der Waals surface area (Å²) < 4.78 is 32.7. The minimum atomic E-state index is -3.75. The van der Waals surface area contributed by atoms with Gasteiger partial charge in [0, 0.05) is 114 Å². The first-order chi connectivity index (χ1) is 38.3. The fourth-order valence-corrected chi connectivity index (χ4v) is 13.2. The molecule has 1 unspecified atom stereocenters. The Labute approximate surface area is 463 Å². The third-order valence-corrected chi connectivity index (χ3v) is 18.3. The largest absolute Gasteiger partial charge is 0.494 e. The van der Waals surface area contributed by atoms with Crippen molar-refractivity contribution < 1.29 is 37.5 Å². The van der Waals surface area contributed by atoms with Crippen molar-refractivity contribution in [2.45, 2.75) is 50.6 Å². The van der Waals surface area contributed by atoms with Gasteiger partial charge in [-0.25, -0.2) is 4.98 Å². The monoisotopic (exact) mass is 1110 g/mol. The smallest absolute Gasteiger partial charge is 0.362 e. The number of carbonyl (C=O) groups excluding carboxylic acids is 4. The number of hydrogen-bond acceptors (Lipinski definition) is 17. The zero-order valence-electron chi connectivity index (χ0n) is 44.7. The lowest BCUT2D eigenvalue weighted by Crippen LogP contribution is -2.54. The number of piperazine rings is 1. The van der Waals surface area contributed by atoms with Crippen molar-refractivity contribution in [3.05, 3.63) is 114 Å². The van der Waals surface area contributed by atoms with Crippen molar-refractivity contribution in [1.29, 1.82) is 0 Å². The molecule has 5 aliphatic rings. The van der Waals surface area contributed by atoms with Crippen molar-refractivity contribution >= 4 is 82.6 Å². The van der Waals surface area contributed by atoms with Crippen molar-refractivity contribution in [2.75, 3.05) is 101 Å². The normalized spacial score (nSPS) is 19.0. The molecule has 6 aromatic rings. The number of piperidine rings is 3. The number of likely N-dealkylation sites (tertiary alicyclic amines) is 1. The summed E-state index contributed by atoms with van der Waals surface area (Å²) in [5.74, 6) is -0.263. The molecule has 2 aromatic heterocycles. The first-order valence-electron chi connectivity index (χ1n) is 26.8. The lowest BCUT2D eigenvalue weighted by Gasteiger charge is -2.44. The molecule has 20 nitrogen and oxygen atoms in total. The van der Waals surface area contributed by atoms with Crippen LogP contribution in [0.25, 0.3) is 22.3 Å². The number of anilines is 6. The van der Waals surface area contributed by atoms with E-state index in [2.05, 4.69) is 57.8 Å². The van der Waals surface area contributed by atoms with Gasteiger partial charge >= 0.3 is 7.60 Å². The van der Waals surface area contributed by atoms with Crippen molar-refractivity contribution in [3.8, 4) is 28.0 Å². The summed E-state index contributed by atoms with van der Waals surface area (Å²) in [7, 11) is 2.50. The van der Waals surface area contributed by atoms with Gasteiger partial charge in [-0.2, -0.15) is 10.1 Å². The van der Waals surface area contributed by atoms with Crippen LogP contribution in [0.5, 0.6) is 5.75 Å². The van der Waals surface area contributed by atoms with E-state index in [1.807, 2.05) is 61.9 Å². The summed E-state index contributed by atoms with van der Waals surface area (Å²) in [5.41, 5.74) is 7.34. The summed E-state index contributed by atoms with van der Waals surface area (Å²) in [4.78, 5) is 71.4. The molecule has 0 bridgehead atoms. The van der Waals surface area contributed by atoms with Gasteiger partial charge in [0.1, 0.15) is 16.8 Å². The first-order valence-corrected chi connectivity index (χ1v) is 28.7. The lowest BCUT2D eigenvalue weighted by molar-refractivity contribution is -0.136. The van der Waals surface area contributed by atoms with Crippen LogP contribution < -0.4 is 35.8 Å². The lowest BCUT2D eigenvalue weighted by atomic mass is 9.93. The predicted molar refractivity (Wildman–Crippen MR) is 303 cm³/mol. The van der Waals surface area contributed by atoms with Crippen LogP contribution in [0, 0.1) is 5.92 Å². The number of aromatic nitrogens is 4. The summed E-state index contributed by atoms with van der Waals surface area (Å²) in [6.07, 6.45) is 9.91. The van der Waals surface area contributed by atoms with E-state index in [9.17, 15) is 23.7 Å². The number of carbonyl (C=O) groups is 4. The maximum absolute atomic E-state index is 14.0. The molecule has 22 heteroatoms. The van der Waals surface area contributed by atoms with Crippen LogP contribution in [0.2, 0.25) is 5.02 Å². The van der Waals surface area contributed by atoms with Crippen LogP contribution in [0.4, 0.5) is 34.5 Å². The SMILES string of the molecule is COc1cc(N2CCN(C3CCN(CC4CCN(c5ccc6c(c5)C(=O)N(C5CCC(=O)NC5=O)C6=O)CC4)CC3)CC2)c(-c2cnn(C)c2)cc1Nc1ncc(Cl)c(Nc2ccc(-c3ccccc3)cc2P(=O)(OC)OC)n1. The van der Waals surface area contributed by atoms with Crippen LogP contribution in [0.3, 0.4) is 0 Å². The van der Waals surface area contributed by atoms with Crippen LogP contribution in [-0.4, -0.2) is 150 Å². The van der Waals surface area contributed by atoms with Gasteiger partial charge in [0.2, 0.25) is 17.8 Å². The van der Waals surface area contributed by atoms with Gasteiger partial charge in [0.25, 0.3) is 11.8 Å². The number of imide groups is 2. The highest BCUT2D eigenvalue weighted by atomic mass is 35.5. The van der Waals surface area contributed by atoms with E-state index >= 15 is 0 Å². The maximum Gasteiger partial charge on any atom is 0.362 e. The van der Waals surface area contributed by atoms with E-state index < -0.39 is 37.3 Å². The summed E-state index contributed by atoms with van der Waals surface area (Å²) in [5, 5.41) is 14.0. The van der Waals surface area contributed by atoms with Gasteiger partial charge < -0.3 is 39.1 Å².